The summed E-state index contributed by atoms with van der Waals surface area (Å²) in [5, 5.41) is 14.7. The summed E-state index contributed by atoms with van der Waals surface area (Å²) >= 11 is 0. The molecule has 1 saturated carbocycles. The van der Waals surface area contributed by atoms with E-state index in [0.717, 1.165) is 24.3 Å². The largest absolute Gasteiger partial charge is 0.497 e. The molecule has 7 nitrogen and oxygen atoms in total. The Balaban J connectivity index is 1.74. The van der Waals surface area contributed by atoms with E-state index in [-0.39, 0.29) is 0 Å². The molecule has 128 valence electrons. The topological polar surface area (TPSA) is 81.2 Å². The predicted octanol–water partition coefficient (Wildman–Crippen LogP) is 3.38. The van der Waals surface area contributed by atoms with Gasteiger partial charge in [-0.3, -0.25) is 0 Å². The molecule has 0 amide bonds. The van der Waals surface area contributed by atoms with Gasteiger partial charge in [-0.25, -0.2) is 0 Å². The number of anilines is 3. The van der Waals surface area contributed by atoms with E-state index in [1.165, 1.54) is 19.3 Å². The summed E-state index contributed by atoms with van der Waals surface area (Å²) in [7, 11) is 3.26. The van der Waals surface area contributed by atoms with Crippen molar-refractivity contribution in [1.82, 2.24) is 15.2 Å². The average Bonchev–Trinajstić information content (AvgIpc) is 2.63. The zero-order valence-corrected chi connectivity index (χ0v) is 14.1. The number of rotatable bonds is 6. The minimum absolute atomic E-state index is 0.433. The minimum atomic E-state index is 0.433. The van der Waals surface area contributed by atoms with Crippen molar-refractivity contribution in [3.63, 3.8) is 0 Å². The number of hydrogen-bond acceptors (Lipinski definition) is 7. The fraction of sp³-hybridized carbons (Fsp3) is 0.471. The van der Waals surface area contributed by atoms with Crippen molar-refractivity contribution in [3.05, 3.63) is 24.4 Å². The lowest BCUT2D eigenvalue weighted by molar-refractivity contribution is 0.405. The molecule has 2 N–H and O–H groups in total. The van der Waals surface area contributed by atoms with Gasteiger partial charge in [0.1, 0.15) is 11.5 Å². The van der Waals surface area contributed by atoms with E-state index < -0.39 is 0 Å². The Morgan fingerprint density at radius 2 is 1.92 bits per heavy atom. The van der Waals surface area contributed by atoms with E-state index in [2.05, 4.69) is 25.8 Å². The molecule has 1 aliphatic rings. The molecule has 1 heterocycles. The molecule has 0 radical (unpaired) electrons. The number of benzene rings is 1. The molecule has 3 rings (SSSR count). The van der Waals surface area contributed by atoms with Crippen LogP contribution in [0.3, 0.4) is 0 Å². The van der Waals surface area contributed by atoms with Crippen LogP contribution in [0.2, 0.25) is 0 Å². The number of nitrogens with zero attached hydrogens (tertiary/aromatic N) is 3. The highest BCUT2D eigenvalue weighted by Gasteiger charge is 2.15. The first kappa shape index (κ1) is 16.3. The summed E-state index contributed by atoms with van der Waals surface area (Å²) in [5.41, 5.74) is 0.765. The van der Waals surface area contributed by atoms with Crippen LogP contribution >= 0.6 is 0 Å². The molecule has 7 heteroatoms. The Morgan fingerprint density at radius 3 is 2.67 bits per heavy atom. The fourth-order valence-corrected chi connectivity index (χ4v) is 2.90. The maximum Gasteiger partial charge on any atom is 0.244 e. The first-order chi connectivity index (χ1) is 11.8. The summed E-state index contributed by atoms with van der Waals surface area (Å²) in [6.07, 6.45) is 7.73. The monoisotopic (exact) mass is 329 g/mol. The standard InChI is InChI=1S/C17H23N5O2/c1-23-13-8-9-15(24-2)14(10-13)20-16-11-18-22-17(21-16)19-12-6-4-3-5-7-12/h8-12H,3-7H2,1-2H3,(H2,19,20,21,22). The molecule has 0 aliphatic heterocycles. The third kappa shape index (κ3) is 4.04. The zero-order chi connectivity index (χ0) is 16.8. The van der Waals surface area contributed by atoms with Crippen LogP contribution in [0.25, 0.3) is 0 Å². The number of aromatic nitrogens is 3. The van der Waals surface area contributed by atoms with Crippen molar-refractivity contribution in [2.45, 2.75) is 38.1 Å². The quantitative estimate of drug-likeness (QED) is 0.841. The van der Waals surface area contributed by atoms with Gasteiger partial charge >= 0.3 is 0 Å². The van der Waals surface area contributed by atoms with Crippen molar-refractivity contribution >= 4 is 17.5 Å². The van der Waals surface area contributed by atoms with Gasteiger partial charge in [0.05, 0.1) is 26.1 Å². The Labute approximate surface area is 141 Å². The van der Waals surface area contributed by atoms with Gasteiger partial charge in [-0.2, -0.15) is 10.1 Å². The SMILES string of the molecule is COc1ccc(OC)c(Nc2cnnc(NC3CCCCC3)n2)c1. The maximum absolute atomic E-state index is 5.37. The Kier molecular flexibility index (Phi) is 5.30. The third-order valence-electron chi connectivity index (χ3n) is 4.17. The molecular formula is C17H23N5O2. The second-order valence-corrected chi connectivity index (χ2v) is 5.84. The lowest BCUT2D eigenvalue weighted by Gasteiger charge is -2.22. The lowest BCUT2D eigenvalue weighted by Crippen LogP contribution is -2.23. The van der Waals surface area contributed by atoms with Crippen molar-refractivity contribution in [1.29, 1.82) is 0 Å². The highest BCUT2D eigenvalue weighted by Crippen LogP contribution is 2.31. The smallest absolute Gasteiger partial charge is 0.244 e. The van der Waals surface area contributed by atoms with Crippen molar-refractivity contribution < 1.29 is 9.47 Å². The van der Waals surface area contributed by atoms with Gasteiger partial charge in [0.15, 0.2) is 5.82 Å². The Morgan fingerprint density at radius 1 is 1.08 bits per heavy atom. The van der Waals surface area contributed by atoms with Crippen molar-refractivity contribution in [3.8, 4) is 11.5 Å². The zero-order valence-electron chi connectivity index (χ0n) is 14.1. The molecule has 0 unspecified atom stereocenters. The van der Waals surface area contributed by atoms with Gasteiger partial charge in [-0.05, 0) is 25.0 Å². The molecule has 0 spiro atoms. The molecule has 0 saturated heterocycles. The molecule has 0 atom stereocenters. The summed E-state index contributed by atoms with van der Waals surface area (Å²) in [6.45, 7) is 0. The van der Waals surface area contributed by atoms with Crippen LogP contribution in [0.4, 0.5) is 17.5 Å². The molecule has 1 aliphatic carbocycles. The van der Waals surface area contributed by atoms with Crippen molar-refractivity contribution in [2.24, 2.45) is 0 Å². The minimum Gasteiger partial charge on any atom is -0.497 e. The van der Waals surface area contributed by atoms with Crippen LogP contribution in [-0.2, 0) is 0 Å². The summed E-state index contributed by atoms with van der Waals surface area (Å²) < 4.78 is 10.6. The van der Waals surface area contributed by atoms with Crippen LogP contribution in [0.5, 0.6) is 11.5 Å². The molecule has 2 aromatic rings. The second kappa shape index (κ2) is 7.81. The maximum atomic E-state index is 5.37. The lowest BCUT2D eigenvalue weighted by atomic mass is 9.96. The molecule has 0 bridgehead atoms. The number of nitrogens with one attached hydrogen (secondary N) is 2. The summed E-state index contributed by atoms with van der Waals surface area (Å²) in [5.74, 6) is 2.60. The van der Waals surface area contributed by atoms with Crippen LogP contribution in [0, 0.1) is 0 Å². The van der Waals surface area contributed by atoms with Crippen molar-refractivity contribution in [2.75, 3.05) is 24.9 Å². The highest BCUT2D eigenvalue weighted by molar-refractivity contribution is 5.66. The molecule has 1 aromatic carbocycles. The van der Waals surface area contributed by atoms with E-state index in [0.29, 0.717) is 23.6 Å². The third-order valence-corrected chi connectivity index (χ3v) is 4.17. The number of hydrogen-bond donors (Lipinski definition) is 2. The first-order valence-corrected chi connectivity index (χ1v) is 8.24. The van der Waals surface area contributed by atoms with E-state index in [1.54, 1.807) is 20.4 Å². The predicted molar refractivity (Wildman–Crippen MR) is 93.2 cm³/mol. The van der Waals surface area contributed by atoms with Gasteiger partial charge in [0.25, 0.3) is 0 Å². The molecule has 1 fully saturated rings. The van der Waals surface area contributed by atoms with Crippen LogP contribution in [-0.4, -0.2) is 35.4 Å². The van der Waals surface area contributed by atoms with Gasteiger partial charge < -0.3 is 20.1 Å². The van der Waals surface area contributed by atoms with Crippen LogP contribution in [0.1, 0.15) is 32.1 Å². The highest BCUT2D eigenvalue weighted by atomic mass is 16.5. The second-order valence-electron chi connectivity index (χ2n) is 5.84. The van der Waals surface area contributed by atoms with Gasteiger partial charge in [0.2, 0.25) is 5.95 Å². The van der Waals surface area contributed by atoms with Gasteiger partial charge in [-0.1, -0.05) is 19.3 Å². The average molecular weight is 329 g/mol. The van der Waals surface area contributed by atoms with Crippen LogP contribution in [0.15, 0.2) is 24.4 Å². The Hall–Kier alpha value is -2.57. The number of methoxy groups -OCH3 is 2. The van der Waals surface area contributed by atoms with Gasteiger partial charge in [-0.15, -0.1) is 5.10 Å². The number of ether oxygens (including phenoxy) is 2. The van der Waals surface area contributed by atoms with E-state index >= 15 is 0 Å². The normalized spacial score (nSPS) is 14.9. The molecular weight excluding hydrogens is 306 g/mol. The fourth-order valence-electron chi connectivity index (χ4n) is 2.90. The van der Waals surface area contributed by atoms with E-state index in [1.807, 2.05) is 18.2 Å². The summed E-state index contributed by atoms with van der Waals surface area (Å²) in [6, 6.07) is 5.98. The molecule has 1 aromatic heterocycles. The van der Waals surface area contributed by atoms with Gasteiger partial charge in [0, 0.05) is 12.1 Å². The van der Waals surface area contributed by atoms with E-state index in [9.17, 15) is 0 Å². The van der Waals surface area contributed by atoms with E-state index in [4.69, 9.17) is 9.47 Å². The van der Waals surface area contributed by atoms with Crippen LogP contribution < -0.4 is 20.1 Å². The molecule has 24 heavy (non-hydrogen) atoms. The Bertz CT molecular complexity index is 674. The summed E-state index contributed by atoms with van der Waals surface area (Å²) in [4.78, 5) is 4.50. The first-order valence-electron chi connectivity index (χ1n) is 8.24.